The van der Waals surface area contributed by atoms with Gasteiger partial charge in [-0.05, 0) is 75.7 Å². The highest BCUT2D eigenvalue weighted by molar-refractivity contribution is 5.74. The second-order valence-corrected chi connectivity index (χ2v) is 8.00. The Bertz CT molecular complexity index is 609. The Kier molecular flexibility index (Phi) is 4.25. The summed E-state index contributed by atoms with van der Waals surface area (Å²) < 4.78 is 0. The molecule has 2 amide bonds. The van der Waals surface area contributed by atoms with Crippen molar-refractivity contribution in [1.29, 1.82) is 0 Å². The number of nitrogens with one attached hydrogen (secondary N) is 2. The van der Waals surface area contributed by atoms with Gasteiger partial charge in [-0.15, -0.1) is 0 Å². The van der Waals surface area contributed by atoms with Crippen LogP contribution in [0.15, 0.2) is 24.3 Å². The number of piperidine rings is 1. The maximum Gasteiger partial charge on any atom is 0.315 e. The van der Waals surface area contributed by atoms with Gasteiger partial charge in [-0.3, -0.25) is 0 Å². The zero-order valence-corrected chi connectivity index (χ0v) is 14.7. The highest BCUT2D eigenvalue weighted by Gasteiger charge is 2.56. The number of rotatable bonds is 3. The van der Waals surface area contributed by atoms with E-state index < -0.39 is 0 Å². The van der Waals surface area contributed by atoms with E-state index in [-0.39, 0.29) is 6.03 Å². The summed E-state index contributed by atoms with van der Waals surface area (Å²) in [7, 11) is 2.14. The van der Waals surface area contributed by atoms with Crippen molar-refractivity contribution in [1.82, 2.24) is 15.5 Å². The highest BCUT2D eigenvalue weighted by atomic mass is 16.2. The number of hydrogen-bond acceptors (Lipinski definition) is 2. The van der Waals surface area contributed by atoms with Crippen molar-refractivity contribution >= 4 is 6.03 Å². The molecular weight excluding hydrogens is 298 g/mol. The number of likely N-dealkylation sites (tertiary alicyclic amines) is 1. The van der Waals surface area contributed by atoms with Gasteiger partial charge < -0.3 is 15.5 Å². The standard InChI is InChI=1S/C20H29N3O/c1-23-11-8-17(9-12-23)22-19(24)21-14-16-13-20(16)10-4-6-15-5-2-3-7-18(15)20/h2-3,5,7,16-17H,4,6,8-14H2,1H3,(H2,21,22,24)/t16-,20+/m0/s1. The van der Waals surface area contributed by atoms with Crippen LogP contribution in [0.25, 0.3) is 0 Å². The van der Waals surface area contributed by atoms with E-state index in [1.165, 1.54) is 31.2 Å². The number of nitrogens with zero attached hydrogens (tertiary/aromatic N) is 1. The van der Waals surface area contributed by atoms with E-state index in [4.69, 9.17) is 0 Å². The second kappa shape index (κ2) is 6.40. The van der Waals surface area contributed by atoms with Crippen LogP contribution >= 0.6 is 0 Å². The molecule has 2 fully saturated rings. The first-order chi connectivity index (χ1) is 11.7. The van der Waals surface area contributed by atoms with E-state index in [9.17, 15) is 4.79 Å². The largest absolute Gasteiger partial charge is 0.338 e. The summed E-state index contributed by atoms with van der Waals surface area (Å²) in [5.41, 5.74) is 3.44. The SMILES string of the molecule is CN1CCC(NC(=O)NC[C@@H]2C[C@]23CCCc2ccccc23)CC1. The summed E-state index contributed by atoms with van der Waals surface area (Å²) >= 11 is 0. The van der Waals surface area contributed by atoms with E-state index in [0.717, 1.165) is 32.5 Å². The lowest BCUT2D eigenvalue weighted by Gasteiger charge is -2.29. The first-order valence-corrected chi connectivity index (χ1v) is 9.49. The van der Waals surface area contributed by atoms with Crippen molar-refractivity contribution in [3.8, 4) is 0 Å². The molecule has 4 heteroatoms. The summed E-state index contributed by atoms with van der Waals surface area (Å²) in [4.78, 5) is 14.5. The highest BCUT2D eigenvalue weighted by Crippen LogP contribution is 2.59. The maximum atomic E-state index is 12.2. The Morgan fingerprint density at radius 2 is 2.08 bits per heavy atom. The minimum absolute atomic E-state index is 0.0238. The van der Waals surface area contributed by atoms with Gasteiger partial charge in [-0.1, -0.05) is 24.3 Å². The number of carbonyl (C=O) groups is 1. The summed E-state index contributed by atoms with van der Waals surface area (Å²) in [6.45, 7) is 2.97. The minimum atomic E-state index is 0.0238. The van der Waals surface area contributed by atoms with Crippen LogP contribution in [0.5, 0.6) is 0 Å². The summed E-state index contributed by atoms with van der Waals surface area (Å²) in [5.74, 6) is 0.613. The lowest BCUT2D eigenvalue weighted by atomic mass is 9.78. The second-order valence-electron chi connectivity index (χ2n) is 8.00. The maximum absolute atomic E-state index is 12.2. The summed E-state index contributed by atoms with van der Waals surface area (Å²) in [6, 6.07) is 9.28. The molecule has 24 heavy (non-hydrogen) atoms. The fourth-order valence-electron chi connectivity index (χ4n) is 4.84. The van der Waals surface area contributed by atoms with Crippen molar-refractivity contribution in [3.05, 3.63) is 35.4 Å². The molecule has 1 aromatic rings. The molecule has 2 N–H and O–H groups in total. The minimum Gasteiger partial charge on any atom is -0.338 e. The molecule has 1 aromatic carbocycles. The number of hydrogen-bond donors (Lipinski definition) is 2. The van der Waals surface area contributed by atoms with Crippen molar-refractivity contribution in [2.24, 2.45) is 5.92 Å². The first kappa shape index (κ1) is 15.9. The third kappa shape index (κ3) is 3.04. The van der Waals surface area contributed by atoms with Crippen LogP contribution in [0.3, 0.4) is 0 Å². The number of amides is 2. The Morgan fingerprint density at radius 3 is 2.92 bits per heavy atom. The van der Waals surface area contributed by atoms with Crippen LogP contribution in [0, 0.1) is 5.92 Å². The van der Waals surface area contributed by atoms with Gasteiger partial charge in [0.2, 0.25) is 0 Å². The Balaban J connectivity index is 1.29. The van der Waals surface area contributed by atoms with E-state index in [0.29, 0.717) is 17.4 Å². The van der Waals surface area contributed by atoms with Gasteiger partial charge in [0.1, 0.15) is 0 Å². The zero-order valence-electron chi connectivity index (χ0n) is 14.7. The molecule has 0 bridgehead atoms. The van der Waals surface area contributed by atoms with Crippen molar-refractivity contribution < 1.29 is 4.79 Å². The molecule has 3 aliphatic rings. The number of urea groups is 1. The van der Waals surface area contributed by atoms with Gasteiger partial charge in [0.15, 0.2) is 0 Å². The molecule has 2 atom stereocenters. The average molecular weight is 327 g/mol. The number of benzene rings is 1. The summed E-state index contributed by atoms with van der Waals surface area (Å²) in [5, 5.41) is 6.30. The lowest BCUT2D eigenvalue weighted by Crippen LogP contribution is -2.47. The molecule has 4 nitrogen and oxygen atoms in total. The lowest BCUT2D eigenvalue weighted by molar-refractivity contribution is 0.213. The molecule has 1 saturated carbocycles. The topological polar surface area (TPSA) is 44.4 Å². The molecular formula is C20H29N3O. The molecule has 4 rings (SSSR count). The van der Waals surface area contributed by atoms with Crippen molar-refractivity contribution in [3.63, 3.8) is 0 Å². The molecule has 2 aliphatic carbocycles. The molecule has 1 saturated heterocycles. The van der Waals surface area contributed by atoms with Gasteiger partial charge in [-0.2, -0.15) is 0 Å². The van der Waals surface area contributed by atoms with Crippen LogP contribution < -0.4 is 10.6 Å². The number of carbonyl (C=O) groups excluding carboxylic acids is 1. The first-order valence-electron chi connectivity index (χ1n) is 9.49. The molecule has 0 unspecified atom stereocenters. The van der Waals surface area contributed by atoms with Crippen molar-refractivity contribution in [2.45, 2.75) is 50.0 Å². The van der Waals surface area contributed by atoms with Crippen LogP contribution in [0.1, 0.15) is 43.2 Å². The Hall–Kier alpha value is -1.55. The fourth-order valence-corrected chi connectivity index (χ4v) is 4.84. The van der Waals surface area contributed by atoms with Crippen LogP contribution in [-0.4, -0.2) is 43.7 Å². The predicted molar refractivity (Wildman–Crippen MR) is 96.2 cm³/mol. The third-order valence-corrected chi connectivity index (χ3v) is 6.42. The van der Waals surface area contributed by atoms with Crippen molar-refractivity contribution in [2.75, 3.05) is 26.7 Å². The monoisotopic (exact) mass is 327 g/mol. The van der Waals surface area contributed by atoms with Gasteiger partial charge in [-0.25, -0.2) is 4.79 Å². The molecule has 0 aromatic heterocycles. The predicted octanol–water partition coefficient (Wildman–Crippen LogP) is 2.67. The summed E-state index contributed by atoms with van der Waals surface area (Å²) in [6.07, 6.45) is 7.14. The van der Waals surface area contributed by atoms with Crippen LogP contribution in [0.2, 0.25) is 0 Å². The Morgan fingerprint density at radius 1 is 1.29 bits per heavy atom. The molecule has 1 aliphatic heterocycles. The van der Waals surface area contributed by atoms with E-state index in [1.807, 2.05) is 0 Å². The number of fused-ring (bicyclic) bond motifs is 2. The van der Waals surface area contributed by atoms with E-state index >= 15 is 0 Å². The Labute approximate surface area is 145 Å². The molecule has 0 radical (unpaired) electrons. The van der Waals surface area contributed by atoms with Gasteiger partial charge in [0.05, 0.1) is 0 Å². The molecule has 1 spiro atoms. The number of aryl methyl sites for hydroxylation is 1. The van der Waals surface area contributed by atoms with E-state index in [2.05, 4.69) is 46.8 Å². The average Bonchev–Trinajstić information content (AvgIpc) is 3.29. The normalized spacial score (nSPS) is 30.0. The van der Waals surface area contributed by atoms with Gasteiger partial charge in [0.25, 0.3) is 0 Å². The fraction of sp³-hybridized carbons (Fsp3) is 0.650. The van der Waals surface area contributed by atoms with Gasteiger partial charge >= 0.3 is 6.03 Å². The van der Waals surface area contributed by atoms with Gasteiger partial charge in [0, 0.05) is 18.0 Å². The molecule has 1 heterocycles. The van der Waals surface area contributed by atoms with E-state index in [1.54, 1.807) is 5.56 Å². The third-order valence-electron chi connectivity index (χ3n) is 6.42. The smallest absolute Gasteiger partial charge is 0.315 e. The molecule has 130 valence electrons. The quantitative estimate of drug-likeness (QED) is 0.896. The zero-order chi connectivity index (χ0) is 16.6. The van der Waals surface area contributed by atoms with Crippen LogP contribution in [0.4, 0.5) is 4.79 Å². The van der Waals surface area contributed by atoms with Crippen LogP contribution in [-0.2, 0) is 11.8 Å².